The number of likely N-dealkylation sites (tertiary alicyclic amines) is 1. The van der Waals surface area contributed by atoms with Gasteiger partial charge in [0, 0.05) is 0 Å². The molecule has 1 amide bonds. The third kappa shape index (κ3) is 3.01. The summed E-state index contributed by atoms with van der Waals surface area (Å²) in [6, 6.07) is 2.36. The Morgan fingerprint density at radius 1 is 1.33 bits per heavy atom. The van der Waals surface area contributed by atoms with Crippen LogP contribution < -0.4 is 0 Å². The van der Waals surface area contributed by atoms with Gasteiger partial charge in [0.05, 0.1) is 24.6 Å². The molecule has 0 aromatic carbocycles. The highest BCUT2D eigenvalue weighted by molar-refractivity contribution is 5.70. The molecule has 1 saturated carbocycles. The summed E-state index contributed by atoms with van der Waals surface area (Å²) in [5, 5.41) is 20.4. The number of nitriles is 1. The molecule has 0 spiro atoms. The largest absolute Gasteiger partial charge is 0.444 e. The number of aliphatic hydroxyl groups is 1. The zero-order valence-corrected chi connectivity index (χ0v) is 13.5. The highest BCUT2D eigenvalue weighted by Gasteiger charge is 2.59. The zero-order chi connectivity index (χ0) is 15.9. The monoisotopic (exact) mass is 294 g/mol. The van der Waals surface area contributed by atoms with Crippen LogP contribution in [0.15, 0.2) is 0 Å². The second-order valence-electron chi connectivity index (χ2n) is 7.74. The Kier molecular flexibility index (Phi) is 3.96. The van der Waals surface area contributed by atoms with Crippen molar-refractivity contribution >= 4 is 6.09 Å². The fraction of sp³-hybridized carbons (Fsp3) is 0.875. The number of β-amino-alcohol motifs (C(OH)–C–C–N with tert-alkyl or cyclic N) is 1. The minimum absolute atomic E-state index is 0.198. The van der Waals surface area contributed by atoms with Crippen molar-refractivity contribution in [2.75, 3.05) is 13.1 Å². The lowest BCUT2D eigenvalue weighted by molar-refractivity contribution is -0.166. The molecule has 1 heterocycles. The van der Waals surface area contributed by atoms with E-state index in [0.29, 0.717) is 18.8 Å². The van der Waals surface area contributed by atoms with Crippen molar-refractivity contribution in [3.05, 3.63) is 0 Å². The van der Waals surface area contributed by atoms with Crippen molar-refractivity contribution in [2.45, 2.75) is 64.6 Å². The number of hydrogen-bond donors (Lipinski definition) is 1. The second-order valence-corrected chi connectivity index (χ2v) is 7.74. The fourth-order valence-electron chi connectivity index (χ4n) is 3.28. The third-order valence-electron chi connectivity index (χ3n) is 4.79. The summed E-state index contributed by atoms with van der Waals surface area (Å²) < 4.78 is 5.30. The number of ether oxygens (including phenoxy) is 1. The number of carbonyl (C=O) groups excluding carboxylic acids is 1. The van der Waals surface area contributed by atoms with Gasteiger partial charge in [0.1, 0.15) is 11.2 Å². The van der Waals surface area contributed by atoms with Gasteiger partial charge in [-0.2, -0.15) is 5.26 Å². The maximum Gasteiger partial charge on any atom is 0.410 e. The summed E-state index contributed by atoms with van der Waals surface area (Å²) in [6.45, 7) is 8.02. The summed E-state index contributed by atoms with van der Waals surface area (Å²) in [5.74, 6) is 0.608. The Balaban J connectivity index is 2.00. The van der Waals surface area contributed by atoms with Crippen LogP contribution in [0.3, 0.4) is 0 Å². The first-order chi connectivity index (χ1) is 9.61. The summed E-state index contributed by atoms with van der Waals surface area (Å²) >= 11 is 0. The van der Waals surface area contributed by atoms with Crippen molar-refractivity contribution in [3.8, 4) is 6.07 Å². The molecule has 0 radical (unpaired) electrons. The fourth-order valence-corrected chi connectivity index (χ4v) is 3.28. The van der Waals surface area contributed by atoms with E-state index in [2.05, 4.69) is 13.0 Å². The number of rotatable bonds is 1. The summed E-state index contributed by atoms with van der Waals surface area (Å²) in [5.41, 5.74) is -2.34. The summed E-state index contributed by atoms with van der Waals surface area (Å²) in [7, 11) is 0. The first-order valence-electron chi connectivity index (χ1n) is 7.72. The molecule has 1 N–H and O–H groups in total. The first kappa shape index (κ1) is 16.1. The van der Waals surface area contributed by atoms with E-state index in [-0.39, 0.29) is 13.1 Å². The standard InChI is InChI=1S/C16H26N2O3/c1-12-5-7-15(9-17,8-6-12)16(20)10-18(11-16)13(19)21-14(2,3)4/h12,20H,5-8,10-11H2,1-4H3. The van der Waals surface area contributed by atoms with Gasteiger partial charge in [0.25, 0.3) is 0 Å². The predicted octanol–water partition coefficient (Wildman–Crippen LogP) is 2.69. The van der Waals surface area contributed by atoms with Gasteiger partial charge in [-0.3, -0.25) is 0 Å². The molecular weight excluding hydrogens is 268 g/mol. The molecule has 5 nitrogen and oxygen atoms in total. The van der Waals surface area contributed by atoms with Crippen molar-refractivity contribution in [1.29, 1.82) is 5.26 Å². The maximum atomic E-state index is 12.0. The van der Waals surface area contributed by atoms with Crippen molar-refractivity contribution < 1.29 is 14.6 Å². The maximum absolute atomic E-state index is 12.0. The van der Waals surface area contributed by atoms with Crippen molar-refractivity contribution in [3.63, 3.8) is 0 Å². The van der Waals surface area contributed by atoms with Crippen LogP contribution in [0.1, 0.15) is 53.4 Å². The molecule has 2 fully saturated rings. The Morgan fingerprint density at radius 3 is 2.29 bits per heavy atom. The van der Waals surface area contributed by atoms with E-state index in [1.165, 1.54) is 4.90 Å². The topological polar surface area (TPSA) is 73.6 Å². The molecule has 1 aliphatic carbocycles. The van der Waals surface area contributed by atoms with Crippen LogP contribution in [0.4, 0.5) is 4.79 Å². The van der Waals surface area contributed by atoms with Crippen LogP contribution in [0.5, 0.6) is 0 Å². The molecule has 0 aromatic heterocycles. The summed E-state index contributed by atoms with van der Waals surface area (Å²) in [6.07, 6.45) is 2.93. The second kappa shape index (κ2) is 5.17. The zero-order valence-electron chi connectivity index (χ0n) is 13.5. The van der Waals surface area contributed by atoms with Gasteiger partial charge in [0.2, 0.25) is 0 Å². The smallest absolute Gasteiger partial charge is 0.410 e. The Hall–Kier alpha value is -1.28. The third-order valence-corrected chi connectivity index (χ3v) is 4.79. The van der Waals surface area contributed by atoms with Gasteiger partial charge in [-0.15, -0.1) is 0 Å². The van der Waals surface area contributed by atoms with Gasteiger partial charge >= 0.3 is 6.09 Å². The lowest BCUT2D eigenvalue weighted by Gasteiger charge is -2.55. The van der Waals surface area contributed by atoms with Crippen LogP contribution in [0.2, 0.25) is 0 Å². The Labute approximate surface area is 126 Å². The van der Waals surface area contributed by atoms with Gasteiger partial charge in [-0.05, 0) is 52.4 Å². The molecule has 118 valence electrons. The molecule has 0 bridgehead atoms. The average Bonchev–Trinajstić information content (AvgIpc) is 2.34. The first-order valence-corrected chi connectivity index (χ1v) is 7.72. The molecule has 1 aliphatic heterocycles. The molecular formula is C16H26N2O3. The highest BCUT2D eigenvalue weighted by Crippen LogP contribution is 2.49. The number of amides is 1. The lowest BCUT2D eigenvalue weighted by atomic mass is 9.59. The van der Waals surface area contributed by atoms with Crippen LogP contribution in [0.25, 0.3) is 0 Å². The lowest BCUT2D eigenvalue weighted by Crippen LogP contribution is -2.71. The molecule has 2 rings (SSSR count). The molecule has 0 atom stereocenters. The number of nitrogens with zero attached hydrogens (tertiary/aromatic N) is 2. The highest BCUT2D eigenvalue weighted by atomic mass is 16.6. The van der Waals surface area contributed by atoms with Gasteiger partial charge in [-0.1, -0.05) is 6.92 Å². The molecule has 1 saturated heterocycles. The normalized spacial score (nSPS) is 32.0. The molecule has 0 aromatic rings. The number of carbonyl (C=O) groups is 1. The van der Waals surface area contributed by atoms with Crippen LogP contribution in [-0.2, 0) is 4.74 Å². The minimum Gasteiger partial charge on any atom is -0.444 e. The predicted molar refractivity (Wildman–Crippen MR) is 78.4 cm³/mol. The number of hydrogen-bond acceptors (Lipinski definition) is 4. The van der Waals surface area contributed by atoms with E-state index in [1.807, 2.05) is 20.8 Å². The van der Waals surface area contributed by atoms with Gasteiger partial charge in [-0.25, -0.2) is 4.79 Å². The van der Waals surface area contributed by atoms with E-state index in [1.54, 1.807) is 0 Å². The van der Waals surface area contributed by atoms with E-state index in [4.69, 9.17) is 4.74 Å². The minimum atomic E-state index is -1.08. The van der Waals surface area contributed by atoms with Gasteiger partial charge < -0.3 is 14.7 Å². The van der Waals surface area contributed by atoms with E-state index in [0.717, 1.165) is 12.8 Å². The SMILES string of the molecule is CC1CCC(C#N)(C2(O)CN(C(=O)OC(C)(C)C)C2)CC1. The quantitative estimate of drug-likeness (QED) is 0.807. The molecule has 5 heteroatoms. The van der Waals surface area contributed by atoms with Crippen molar-refractivity contribution in [2.24, 2.45) is 11.3 Å². The average molecular weight is 294 g/mol. The van der Waals surface area contributed by atoms with Crippen LogP contribution in [0, 0.1) is 22.7 Å². The molecule has 0 unspecified atom stereocenters. The van der Waals surface area contributed by atoms with E-state index >= 15 is 0 Å². The van der Waals surface area contributed by atoms with Crippen LogP contribution in [-0.4, -0.2) is 40.4 Å². The van der Waals surface area contributed by atoms with Crippen molar-refractivity contribution in [1.82, 2.24) is 4.90 Å². The Bertz CT molecular complexity index is 447. The molecule has 2 aliphatic rings. The Morgan fingerprint density at radius 2 is 1.86 bits per heavy atom. The van der Waals surface area contributed by atoms with E-state index in [9.17, 15) is 15.2 Å². The van der Waals surface area contributed by atoms with Crippen LogP contribution >= 0.6 is 0 Å². The van der Waals surface area contributed by atoms with Gasteiger partial charge in [0.15, 0.2) is 0 Å². The molecule has 21 heavy (non-hydrogen) atoms. The van der Waals surface area contributed by atoms with E-state index < -0.39 is 22.7 Å². The summed E-state index contributed by atoms with van der Waals surface area (Å²) in [4.78, 5) is 13.5.